The van der Waals surface area contributed by atoms with Gasteiger partial charge >= 0.3 is 12.2 Å². The molecule has 0 spiro atoms. The number of pyridine rings is 1. The van der Waals surface area contributed by atoms with Crippen LogP contribution in [0, 0.1) is 0 Å². The number of methoxy groups -OCH3 is 1. The molecule has 0 aromatic carbocycles. The van der Waals surface area contributed by atoms with E-state index in [0.29, 0.717) is 9.24 Å². The van der Waals surface area contributed by atoms with Gasteiger partial charge in [-0.25, -0.2) is 19.9 Å². The van der Waals surface area contributed by atoms with E-state index in [-0.39, 0.29) is 32.4 Å². The summed E-state index contributed by atoms with van der Waals surface area (Å²) >= 11 is 14.5. The molecule has 0 amide bonds. The average molecular weight is 478 g/mol. The van der Waals surface area contributed by atoms with Crippen LogP contribution in [-0.2, 0) is 6.18 Å². The number of rotatable bonds is 4. The van der Waals surface area contributed by atoms with Crippen LogP contribution < -0.4 is 4.74 Å². The number of fused-ring (bicyclic) bond motifs is 1. The summed E-state index contributed by atoms with van der Waals surface area (Å²) in [5, 5.41) is 0.0839. The second kappa shape index (κ2) is 7.63. The van der Waals surface area contributed by atoms with Gasteiger partial charge in [0.25, 0.3) is 0 Å². The molecule has 0 aliphatic carbocycles. The summed E-state index contributed by atoms with van der Waals surface area (Å²) in [5.41, 5.74) is -1.44. The molecule has 29 heavy (non-hydrogen) atoms. The lowest BCUT2D eigenvalue weighted by atomic mass is 10.2. The Bertz CT molecular complexity index is 1190. The zero-order valence-electron chi connectivity index (χ0n) is 14.2. The van der Waals surface area contributed by atoms with Crippen LogP contribution in [0.3, 0.4) is 0 Å². The number of alkyl halides is 3. The minimum Gasteiger partial charge on any atom is -0.467 e. The zero-order chi connectivity index (χ0) is 20.8. The number of hydrogen-bond acceptors (Lipinski definition) is 7. The summed E-state index contributed by atoms with van der Waals surface area (Å²) in [6, 6.07) is 3.18. The second-order valence-electron chi connectivity index (χ2n) is 5.47. The first kappa shape index (κ1) is 20.2. The smallest absolute Gasteiger partial charge is 0.435 e. The lowest BCUT2D eigenvalue weighted by Gasteiger charge is -2.06. The predicted octanol–water partition coefficient (Wildman–Crippen LogP) is 5.73. The molecule has 150 valence electrons. The van der Waals surface area contributed by atoms with Gasteiger partial charge in [0.05, 0.1) is 17.0 Å². The van der Waals surface area contributed by atoms with Crippen molar-refractivity contribution in [2.45, 2.75) is 15.4 Å². The zero-order valence-corrected chi connectivity index (χ0v) is 17.4. The minimum atomic E-state index is -4.71. The third-order valence-corrected chi connectivity index (χ3v) is 6.21. The van der Waals surface area contributed by atoms with Gasteiger partial charge in [-0.15, -0.1) is 0 Å². The topological polar surface area (TPSA) is 65.2 Å². The molecule has 13 heteroatoms. The normalized spacial score (nSPS) is 11.9. The molecule has 0 unspecified atom stereocenters. The maximum absolute atomic E-state index is 13.6. The fourth-order valence-corrected chi connectivity index (χ4v) is 4.97. The van der Waals surface area contributed by atoms with Crippen molar-refractivity contribution < 1.29 is 17.9 Å². The lowest BCUT2D eigenvalue weighted by molar-refractivity contribution is -0.140. The van der Waals surface area contributed by atoms with E-state index in [9.17, 15) is 13.2 Å². The van der Waals surface area contributed by atoms with Crippen LogP contribution in [0.1, 0.15) is 5.69 Å². The maximum atomic E-state index is 13.6. The van der Waals surface area contributed by atoms with E-state index in [1.807, 2.05) is 0 Å². The molecule has 0 fully saturated rings. The third-order valence-electron chi connectivity index (χ3n) is 3.65. The predicted molar refractivity (Wildman–Crippen MR) is 104 cm³/mol. The van der Waals surface area contributed by atoms with Crippen molar-refractivity contribution in [3.8, 4) is 17.4 Å². The Kier molecular flexibility index (Phi) is 5.32. The molecular weight excluding hydrogens is 470 g/mol. The monoisotopic (exact) mass is 477 g/mol. The van der Waals surface area contributed by atoms with E-state index in [1.165, 1.54) is 54.0 Å². The van der Waals surface area contributed by atoms with Crippen molar-refractivity contribution >= 4 is 51.9 Å². The highest BCUT2D eigenvalue weighted by atomic mass is 35.5. The molecular formula is C16H8Cl2F3N5OS2. The Morgan fingerprint density at radius 1 is 1.17 bits per heavy atom. The summed E-state index contributed by atoms with van der Waals surface area (Å²) in [5.74, 6) is 0. The number of aromatic nitrogens is 5. The number of ether oxygens (including phenoxy) is 1. The van der Waals surface area contributed by atoms with Gasteiger partial charge in [0, 0.05) is 18.6 Å². The molecule has 0 radical (unpaired) electrons. The summed E-state index contributed by atoms with van der Waals surface area (Å²) in [4.78, 5) is 16.6. The van der Waals surface area contributed by atoms with E-state index in [2.05, 4.69) is 19.9 Å². The third kappa shape index (κ3) is 3.87. The first-order valence-electron chi connectivity index (χ1n) is 7.72. The summed E-state index contributed by atoms with van der Waals surface area (Å²) in [7, 11) is 1.44. The fraction of sp³-hybridized carbons (Fsp3) is 0.125. The SMILES string of the molecule is COc1ncc(Sc2nc(-c3c(C(F)(F)F)nc4c(Cl)cccn34)c(Cl)s2)cn1. The molecule has 4 heterocycles. The van der Waals surface area contributed by atoms with Gasteiger partial charge in [0.1, 0.15) is 15.7 Å². The molecule has 4 aromatic rings. The van der Waals surface area contributed by atoms with Crippen molar-refractivity contribution in [3.05, 3.63) is 45.8 Å². The first-order chi connectivity index (χ1) is 13.8. The maximum Gasteiger partial charge on any atom is 0.435 e. The molecule has 6 nitrogen and oxygen atoms in total. The Morgan fingerprint density at radius 3 is 2.55 bits per heavy atom. The van der Waals surface area contributed by atoms with Crippen LogP contribution >= 0.6 is 46.3 Å². The Hall–Kier alpha value is -2.08. The summed E-state index contributed by atoms with van der Waals surface area (Å²) < 4.78 is 47.6. The van der Waals surface area contributed by atoms with E-state index in [0.717, 1.165) is 11.3 Å². The number of imidazole rings is 1. The number of nitrogens with zero attached hydrogens (tertiary/aromatic N) is 5. The molecule has 0 saturated heterocycles. The van der Waals surface area contributed by atoms with Crippen molar-refractivity contribution in [2.75, 3.05) is 7.11 Å². The largest absolute Gasteiger partial charge is 0.467 e. The molecule has 0 aliphatic heterocycles. The van der Waals surface area contributed by atoms with Crippen LogP contribution in [0.2, 0.25) is 9.36 Å². The molecule has 4 rings (SSSR count). The van der Waals surface area contributed by atoms with Gasteiger partial charge in [-0.05, 0) is 12.1 Å². The first-order valence-corrected chi connectivity index (χ1v) is 10.1. The molecule has 0 aliphatic rings. The van der Waals surface area contributed by atoms with Crippen LogP contribution in [0.5, 0.6) is 6.01 Å². The molecule has 0 atom stereocenters. The van der Waals surface area contributed by atoms with Gasteiger partial charge in [-0.2, -0.15) is 13.2 Å². The summed E-state index contributed by atoms with van der Waals surface area (Å²) in [6.07, 6.45) is -0.255. The highest BCUT2D eigenvalue weighted by Gasteiger charge is 2.40. The molecule has 0 saturated carbocycles. The van der Waals surface area contributed by atoms with Crippen molar-refractivity contribution in [1.82, 2.24) is 24.3 Å². The minimum absolute atomic E-state index is 0.0293. The molecule has 0 bridgehead atoms. The van der Waals surface area contributed by atoms with E-state index < -0.39 is 11.9 Å². The van der Waals surface area contributed by atoms with Gasteiger partial charge < -0.3 is 4.74 Å². The lowest BCUT2D eigenvalue weighted by Crippen LogP contribution is -2.08. The highest BCUT2D eigenvalue weighted by molar-refractivity contribution is 8.01. The standard InChI is InChI=1S/C16H8Cl2F3N5OS2/c1-27-14-22-5-7(6-23-14)28-15-24-9(12(18)29-15)10-11(16(19,20)21)25-13-8(17)3-2-4-26(10)13/h2-6H,1H3. The summed E-state index contributed by atoms with van der Waals surface area (Å²) in [6.45, 7) is 0. The molecule has 0 N–H and O–H groups in total. The van der Waals surface area contributed by atoms with Gasteiger partial charge in [0.2, 0.25) is 0 Å². The van der Waals surface area contributed by atoms with E-state index >= 15 is 0 Å². The van der Waals surface area contributed by atoms with Crippen LogP contribution in [0.25, 0.3) is 17.0 Å². The van der Waals surface area contributed by atoms with Gasteiger partial charge in [-0.3, -0.25) is 4.40 Å². The Morgan fingerprint density at radius 2 is 1.90 bits per heavy atom. The van der Waals surface area contributed by atoms with E-state index in [4.69, 9.17) is 27.9 Å². The average Bonchev–Trinajstić information content (AvgIpc) is 3.23. The Labute approximate surface area is 179 Å². The van der Waals surface area contributed by atoms with Gasteiger partial charge in [0.15, 0.2) is 15.7 Å². The number of halogens is 5. The van der Waals surface area contributed by atoms with E-state index in [1.54, 1.807) is 0 Å². The quantitative estimate of drug-likeness (QED) is 0.373. The van der Waals surface area contributed by atoms with Gasteiger partial charge in [-0.1, -0.05) is 46.3 Å². The highest BCUT2D eigenvalue weighted by Crippen LogP contribution is 2.44. The Balaban J connectivity index is 1.81. The second-order valence-corrected chi connectivity index (χ2v) is 8.80. The number of hydrogen-bond donors (Lipinski definition) is 0. The van der Waals surface area contributed by atoms with Crippen molar-refractivity contribution in [3.63, 3.8) is 0 Å². The number of thiazole rings is 1. The fourth-order valence-electron chi connectivity index (χ4n) is 2.49. The van der Waals surface area contributed by atoms with Crippen LogP contribution in [0.15, 0.2) is 40.0 Å². The van der Waals surface area contributed by atoms with Crippen LogP contribution in [-0.4, -0.2) is 31.4 Å². The van der Waals surface area contributed by atoms with Crippen LogP contribution in [0.4, 0.5) is 13.2 Å². The van der Waals surface area contributed by atoms with Crippen molar-refractivity contribution in [2.24, 2.45) is 0 Å². The van der Waals surface area contributed by atoms with Crippen molar-refractivity contribution in [1.29, 1.82) is 0 Å². The molecule has 4 aromatic heterocycles.